The molecule has 83 heavy (non-hydrogen) atoms. The van der Waals surface area contributed by atoms with Crippen molar-refractivity contribution >= 4 is 66.1 Å². The molecule has 0 amide bonds. The van der Waals surface area contributed by atoms with Crippen LogP contribution in [0.2, 0.25) is 0 Å². The molecule has 0 aliphatic carbocycles. The Labute approximate surface area is 497 Å². The number of aryl methyl sites for hydroxylation is 1. The minimum atomic E-state index is 0. The summed E-state index contributed by atoms with van der Waals surface area (Å²) in [6.07, 6.45) is 0. The van der Waals surface area contributed by atoms with Crippen LogP contribution in [0.5, 0.6) is 11.5 Å². The first kappa shape index (κ1) is 53.5. The number of para-hydroxylation sites is 5. The first-order chi connectivity index (χ1) is 39.9. The van der Waals surface area contributed by atoms with Crippen LogP contribution >= 0.6 is 0 Å². The molecule has 0 saturated heterocycles. The Morgan fingerprint density at radius 3 is 1.51 bits per heavy atom. The van der Waals surface area contributed by atoms with Gasteiger partial charge in [-0.1, -0.05) is 188 Å². The van der Waals surface area contributed by atoms with Gasteiger partial charge >= 0.3 is 21.1 Å². The van der Waals surface area contributed by atoms with Crippen molar-refractivity contribution in [3.63, 3.8) is 0 Å². The predicted octanol–water partition coefficient (Wildman–Crippen LogP) is 20.4. The molecule has 0 radical (unpaired) electrons. The van der Waals surface area contributed by atoms with Gasteiger partial charge in [0.1, 0.15) is 11.2 Å². The molecule has 410 valence electrons. The molecular weight excluding hydrogens is 1200 g/mol. The number of furan rings is 2. The van der Waals surface area contributed by atoms with E-state index in [1.165, 1.54) is 44.5 Å². The number of imidazole rings is 2. The summed E-state index contributed by atoms with van der Waals surface area (Å²) in [5, 5.41) is 3.53. The molecule has 9 aromatic carbocycles. The summed E-state index contributed by atoms with van der Waals surface area (Å²) in [5.74, 6) is 3.15. The maximum absolute atomic E-state index is 7.20. The van der Waals surface area contributed by atoms with Crippen LogP contribution in [0.3, 0.4) is 0 Å². The van der Waals surface area contributed by atoms with Crippen molar-refractivity contribution < 1.29 is 34.6 Å². The normalized spacial score (nSPS) is 12.0. The molecule has 0 bridgehead atoms. The van der Waals surface area contributed by atoms with Crippen molar-refractivity contribution in [3.05, 3.63) is 222 Å². The van der Waals surface area contributed by atoms with E-state index in [9.17, 15) is 0 Å². The Morgan fingerprint density at radius 2 is 0.940 bits per heavy atom. The van der Waals surface area contributed by atoms with Gasteiger partial charge in [0.15, 0.2) is 0 Å². The molecule has 0 aliphatic heterocycles. The zero-order chi connectivity index (χ0) is 56.1. The Balaban J connectivity index is 0.00000645. The van der Waals surface area contributed by atoms with Crippen LogP contribution in [0.25, 0.3) is 122 Å². The number of ether oxygens (including phenoxy) is 1. The van der Waals surface area contributed by atoms with Crippen LogP contribution in [0.15, 0.2) is 191 Å². The third-order valence-corrected chi connectivity index (χ3v) is 16.2. The fourth-order valence-electron chi connectivity index (χ4n) is 12.2. The Bertz CT molecular complexity index is 4750. The number of rotatable bonds is 12. The molecule has 0 unspecified atom stereocenters. The number of pyridine rings is 1. The number of hydrogen-bond donors (Lipinski definition) is 0. The average molecular weight is 1260 g/mol. The van der Waals surface area contributed by atoms with Gasteiger partial charge < -0.3 is 22.7 Å². The van der Waals surface area contributed by atoms with Crippen LogP contribution in [0.1, 0.15) is 107 Å². The van der Waals surface area contributed by atoms with Crippen molar-refractivity contribution in [1.29, 1.82) is 0 Å². The maximum Gasteiger partial charge on any atom is 2.00 e. The van der Waals surface area contributed by atoms with Crippen LogP contribution in [0.4, 0.5) is 0 Å². The van der Waals surface area contributed by atoms with Gasteiger partial charge in [0.25, 0.3) is 0 Å². The molecule has 8 nitrogen and oxygen atoms in total. The first-order valence-electron chi connectivity index (χ1n) is 28.6. The monoisotopic (exact) mass is 1260 g/mol. The summed E-state index contributed by atoms with van der Waals surface area (Å²) < 4.78 is 25.6. The van der Waals surface area contributed by atoms with Gasteiger partial charge in [0.05, 0.1) is 50.4 Å². The summed E-state index contributed by atoms with van der Waals surface area (Å²) in [7, 11) is 0. The maximum atomic E-state index is 7.20. The molecule has 0 spiro atoms. The summed E-state index contributed by atoms with van der Waals surface area (Å²) in [4.78, 5) is 16.0. The smallest absolute Gasteiger partial charge is 0.499 e. The number of fused-ring (bicyclic) bond motifs is 9. The van der Waals surface area contributed by atoms with Gasteiger partial charge in [0, 0.05) is 33.6 Å². The SMILES string of the molecule is Cc1nc2oc3ccccc3c2c2c1oc1c(-c3nc4ccccc4n3-c3c(C(C)C)cc(-c4ccccc4)cc3C(C)C)[c-]c(Oc3[c-]c(-c4nc5ccccc5n4-c4c(C(C)C)cc(-c5ccccc5)cc4C(C)C)ccc3)cc12.[Pt+2]. The molecule has 14 rings (SSSR count). The quantitative estimate of drug-likeness (QED) is 0.113. The summed E-state index contributed by atoms with van der Waals surface area (Å²) in [6.45, 7) is 20.2. The van der Waals surface area contributed by atoms with E-state index >= 15 is 0 Å². The number of hydrogen-bond acceptors (Lipinski definition) is 6. The van der Waals surface area contributed by atoms with Crippen molar-refractivity contribution in [2.45, 2.75) is 86.0 Å². The minimum Gasteiger partial charge on any atom is -0.499 e. The Morgan fingerprint density at radius 1 is 0.434 bits per heavy atom. The first-order valence-corrected chi connectivity index (χ1v) is 28.6. The van der Waals surface area contributed by atoms with Crippen molar-refractivity contribution in [3.8, 4) is 67.9 Å². The molecular formula is C74H61N5O3Pt. The molecule has 0 aliphatic rings. The van der Waals surface area contributed by atoms with E-state index < -0.39 is 0 Å². The molecule has 0 atom stereocenters. The van der Waals surface area contributed by atoms with Crippen molar-refractivity contribution in [1.82, 2.24) is 24.1 Å². The van der Waals surface area contributed by atoms with E-state index in [1.54, 1.807) is 0 Å². The van der Waals surface area contributed by atoms with Crippen LogP contribution < -0.4 is 4.74 Å². The number of benzene rings is 9. The standard InChI is InChI=1S/C74H61N5O3.Pt/c1-42(2)55-36-50(47-23-12-10-13-24-47)37-56(43(3)4)68(55)78-63-32-19-17-30-61(63)76-72(78)49-27-22-28-52(35-49)80-53-40-59-66-67-54-29-16-21-34-65(54)81-74(67)75-46(9)70(66)82-71(59)60(41-53)73-77-62-31-18-20-33-64(62)79(73)69-57(44(5)6)38-51(39-58(69)45(7)8)48-25-14-11-15-26-48;/h10-34,36-40,42-45H,1-9H3;/q-2;+2. The molecule has 0 N–H and O–H groups in total. The van der Waals surface area contributed by atoms with E-state index in [4.69, 9.17) is 28.5 Å². The van der Waals surface area contributed by atoms with E-state index in [0.717, 1.165) is 72.0 Å². The predicted molar refractivity (Wildman–Crippen MR) is 335 cm³/mol. The zero-order valence-corrected chi connectivity index (χ0v) is 50.2. The molecule has 5 heterocycles. The van der Waals surface area contributed by atoms with Gasteiger partial charge in [-0.2, -0.15) is 0 Å². The fraction of sp³-hybridized carbons (Fsp3) is 0.176. The second-order valence-corrected chi connectivity index (χ2v) is 22.9. The number of aromatic nitrogens is 5. The molecule has 0 fully saturated rings. The van der Waals surface area contributed by atoms with Crippen molar-refractivity contribution in [2.75, 3.05) is 0 Å². The van der Waals surface area contributed by atoms with E-state index in [-0.39, 0.29) is 44.7 Å². The van der Waals surface area contributed by atoms with Crippen LogP contribution in [-0.2, 0) is 21.1 Å². The van der Waals surface area contributed by atoms with E-state index in [1.807, 2.05) is 43.3 Å². The van der Waals surface area contributed by atoms with Gasteiger partial charge in [-0.15, -0.1) is 23.8 Å². The summed E-state index contributed by atoms with van der Waals surface area (Å²) in [5.41, 5.74) is 20.3. The van der Waals surface area contributed by atoms with Gasteiger partial charge in [-0.25, -0.2) is 4.98 Å². The second-order valence-electron chi connectivity index (χ2n) is 22.9. The third-order valence-electron chi connectivity index (χ3n) is 16.2. The third kappa shape index (κ3) is 9.06. The van der Waals surface area contributed by atoms with E-state index in [0.29, 0.717) is 45.5 Å². The molecule has 0 saturated carbocycles. The Kier molecular flexibility index (Phi) is 13.6. The largest absolute Gasteiger partial charge is 2.00 e. The Hall–Kier alpha value is -8.84. The number of nitrogens with zero attached hydrogens (tertiary/aromatic N) is 5. The topological polar surface area (TPSA) is 84.0 Å². The van der Waals surface area contributed by atoms with Gasteiger partial charge in [-0.3, -0.25) is 9.97 Å². The fourth-order valence-corrected chi connectivity index (χ4v) is 12.2. The van der Waals surface area contributed by atoms with Crippen LogP contribution in [0, 0.1) is 19.1 Å². The van der Waals surface area contributed by atoms with Crippen molar-refractivity contribution in [2.24, 2.45) is 0 Å². The molecule has 9 heteroatoms. The molecule has 14 aromatic rings. The van der Waals surface area contributed by atoms with Crippen LogP contribution in [-0.4, -0.2) is 24.1 Å². The van der Waals surface area contributed by atoms with Gasteiger partial charge in [0.2, 0.25) is 5.71 Å². The molecule has 5 aromatic heterocycles. The summed E-state index contributed by atoms with van der Waals surface area (Å²) >= 11 is 0. The second kappa shape index (κ2) is 21.2. The van der Waals surface area contributed by atoms with Gasteiger partial charge in [-0.05, 0) is 130 Å². The minimum absolute atomic E-state index is 0. The van der Waals surface area contributed by atoms with E-state index in [2.05, 4.69) is 222 Å². The average Bonchev–Trinajstić information content (AvgIpc) is 4.42. The zero-order valence-electron chi connectivity index (χ0n) is 47.9. The summed E-state index contributed by atoms with van der Waals surface area (Å²) in [6, 6.07) is 71.4.